The fourth-order valence-corrected chi connectivity index (χ4v) is 2.17. The first kappa shape index (κ1) is 13.6. The van der Waals surface area contributed by atoms with Crippen molar-refractivity contribution in [3.05, 3.63) is 35.8 Å². The third-order valence-electron chi connectivity index (χ3n) is 3.23. The Morgan fingerprint density at radius 3 is 2.57 bits per heavy atom. The van der Waals surface area contributed by atoms with Crippen molar-refractivity contribution in [2.75, 3.05) is 23.3 Å². The smallest absolute Gasteiger partial charge is 0.247 e. The van der Waals surface area contributed by atoms with Crippen LogP contribution in [0.15, 0.2) is 18.3 Å². The van der Waals surface area contributed by atoms with Crippen molar-refractivity contribution < 1.29 is 13.2 Å². The van der Waals surface area contributed by atoms with Crippen molar-refractivity contribution in [2.24, 2.45) is 0 Å². The standard InChI is InChI=1S/C13H12F3N5/c14-8-3-4-9(12(16)11(8)15)18-10-7-17-20-13(19-10)21-5-1-2-6-21/h3-4,7H,1-2,5-6H2,(H,18,19,20). The van der Waals surface area contributed by atoms with Gasteiger partial charge in [-0.2, -0.15) is 10.1 Å². The van der Waals surface area contributed by atoms with Gasteiger partial charge in [-0.3, -0.25) is 0 Å². The second-order valence-electron chi connectivity index (χ2n) is 4.68. The minimum atomic E-state index is -1.53. The molecule has 0 saturated carbocycles. The van der Waals surface area contributed by atoms with Crippen LogP contribution in [0.5, 0.6) is 0 Å². The molecule has 0 bridgehead atoms. The molecule has 0 atom stereocenters. The molecule has 8 heteroatoms. The van der Waals surface area contributed by atoms with Crippen LogP contribution >= 0.6 is 0 Å². The van der Waals surface area contributed by atoms with E-state index >= 15 is 0 Å². The van der Waals surface area contributed by atoms with Crippen molar-refractivity contribution >= 4 is 17.5 Å². The van der Waals surface area contributed by atoms with Crippen LogP contribution in [0, 0.1) is 17.5 Å². The van der Waals surface area contributed by atoms with E-state index in [1.165, 1.54) is 6.20 Å². The first-order valence-electron chi connectivity index (χ1n) is 6.50. The van der Waals surface area contributed by atoms with Crippen molar-refractivity contribution in [2.45, 2.75) is 12.8 Å². The van der Waals surface area contributed by atoms with Crippen LogP contribution < -0.4 is 10.2 Å². The minimum Gasteiger partial charge on any atom is -0.339 e. The molecule has 0 aliphatic carbocycles. The molecule has 0 amide bonds. The van der Waals surface area contributed by atoms with E-state index in [-0.39, 0.29) is 11.5 Å². The Hall–Kier alpha value is -2.38. The number of hydrogen-bond donors (Lipinski definition) is 1. The third-order valence-corrected chi connectivity index (χ3v) is 3.23. The van der Waals surface area contributed by atoms with Crippen LogP contribution in [0.2, 0.25) is 0 Å². The zero-order chi connectivity index (χ0) is 14.8. The number of anilines is 3. The van der Waals surface area contributed by atoms with E-state index in [1.54, 1.807) is 0 Å². The summed E-state index contributed by atoms with van der Waals surface area (Å²) < 4.78 is 39.6. The number of hydrogen-bond acceptors (Lipinski definition) is 5. The lowest BCUT2D eigenvalue weighted by molar-refractivity contribution is 0.449. The summed E-state index contributed by atoms with van der Waals surface area (Å²) in [4.78, 5) is 6.16. The maximum absolute atomic E-state index is 13.6. The van der Waals surface area contributed by atoms with Crippen molar-refractivity contribution in [3.63, 3.8) is 0 Å². The molecule has 21 heavy (non-hydrogen) atoms. The number of nitrogens with zero attached hydrogens (tertiary/aromatic N) is 4. The predicted molar refractivity (Wildman–Crippen MR) is 70.9 cm³/mol. The molecule has 2 aromatic rings. The lowest BCUT2D eigenvalue weighted by Gasteiger charge is -2.15. The van der Waals surface area contributed by atoms with Gasteiger partial charge in [0.15, 0.2) is 23.3 Å². The molecule has 5 nitrogen and oxygen atoms in total. The highest BCUT2D eigenvalue weighted by molar-refractivity contribution is 5.57. The van der Waals surface area contributed by atoms with E-state index in [0.717, 1.165) is 38.1 Å². The average molecular weight is 295 g/mol. The van der Waals surface area contributed by atoms with Gasteiger partial charge >= 0.3 is 0 Å². The summed E-state index contributed by atoms with van der Waals surface area (Å²) in [5.41, 5.74) is -0.207. The monoisotopic (exact) mass is 295 g/mol. The van der Waals surface area contributed by atoms with Gasteiger partial charge in [0.25, 0.3) is 0 Å². The highest BCUT2D eigenvalue weighted by atomic mass is 19.2. The highest BCUT2D eigenvalue weighted by Gasteiger charge is 2.17. The Morgan fingerprint density at radius 2 is 1.81 bits per heavy atom. The van der Waals surface area contributed by atoms with Crippen LogP contribution in [-0.2, 0) is 0 Å². The van der Waals surface area contributed by atoms with E-state index in [9.17, 15) is 13.2 Å². The Kier molecular flexibility index (Phi) is 3.59. The van der Waals surface area contributed by atoms with E-state index in [1.807, 2.05) is 4.90 Å². The maximum Gasteiger partial charge on any atom is 0.247 e. The fraction of sp³-hybridized carbons (Fsp3) is 0.308. The van der Waals surface area contributed by atoms with Gasteiger partial charge in [-0.05, 0) is 25.0 Å². The Balaban J connectivity index is 1.85. The molecule has 0 spiro atoms. The molecule has 1 aliphatic rings. The SMILES string of the molecule is Fc1ccc(Nc2cnnc(N3CCCC3)n2)c(F)c1F. The van der Waals surface area contributed by atoms with Gasteiger partial charge in [0.2, 0.25) is 5.95 Å². The summed E-state index contributed by atoms with van der Waals surface area (Å²) in [6.45, 7) is 1.68. The number of rotatable bonds is 3. The molecule has 0 radical (unpaired) electrons. The number of nitrogens with one attached hydrogen (secondary N) is 1. The zero-order valence-corrected chi connectivity index (χ0v) is 11.0. The van der Waals surface area contributed by atoms with Gasteiger partial charge in [0.05, 0.1) is 11.9 Å². The minimum absolute atomic E-state index is 0.207. The first-order chi connectivity index (χ1) is 10.1. The zero-order valence-electron chi connectivity index (χ0n) is 11.0. The maximum atomic E-state index is 13.6. The van der Waals surface area contributed by atoms with Crippen molar-refractivity contribution in [1.82, 2.24) is 15.2 Å². The van der Waals surface area contributed by atoms with E-state index in [4.69, 9.17) is 0 Å². The van der Waals surface area contributed by atoms with Crippen LogP contribution in [0.1, 0.15) is 12.8 Å². The average Bonchev–Trinajstić information content (AvgIpc) is 3.03. The van der Waals surface area contributed by atoms with Gasteiger partial charge in [-0.15, -0.1) is 5.10 Å². The molecule has 1 aromatic carbocycles. The van der Waals surface area contributed by atoms with Crippen LogP contribution in [0.4, 0.5) is 30.6 Å². The van der Waals surface area contributed by atoms with Crippen LogP contribution in [0.25, 0.3) is 0 Å². The lowest BCUT2D eigenvalue weighted by Crippen LogP contribution is -2.21. The summed E-state index contributed by atoms with van der Waals surface area (Å²) in [6, 6.07) is 1.95. The Bertz CT molecular complexity index is 658. The van der Waals surface area contributed by atoms with E-state index < -0.39 is 17.5 Å². The summed E-state index contributed by atoms with van der Waals surface area (Å²) >= 11 is 0. The topological polar surface area (TPSA) is 53.9 Å². The fourth-order valence-electron chi connectivity index (χ4n) is 2.17. The van der Waals surface area contributed by atoms with Gasteiger partial charge in [0.1, 0.15) is 0 Å². The summed E-state index contributed by atoms with van der Waals surface area (Å²) in [5, 5.41) is 10.3. The molecule has 1 N–H and O–H groups in total. The quantitative estimate of drug-likeness (QED) is 0.882. The second kappa shape index (κ2) is 5.55. The molecule has 1 saturated heterocycles. The molecule has 1 fully saturated rings. The first-order valence-corrected chi connectivity index (χ1v) is 6.50. The third kappa shape index (κ3) is 2.74. The van der Waals surface area contributed by atoms with Gasteiger partial charge < -0.3 is 10.2 Å². The number of aromatic nitrogens is 3. The number of benzene rings is 1. The molecular formula is C13H12F3N5. The normalized spacial score (nSPS) is 14.5. The molecule has 1 aliphatic heterocycles. The predicted octanol–water partition coefficient (Wildman–Crippen LogP) is 2.63. The molecule has 1 aromatic heterocycles. The van der Waals surface area contributed by atoms with Gasteiger partial charge in [-0.25, -0.2) is 13.2 Å². The van der Waals surface area contributed by atoms with Crippen molar-refractivity contribution in [3.8, 4) is 0 Å². The number of halogens is 3. The largest absolute Gasteiger partial charge is 0.339 e. The highest BCUT2D eigenvalue weighted by Crippen LogP contribution is 2.23. The molecule has 110 valence electrons. The molecular weight excluding hydrogens is 283 g/mol. The van der Waals surface area contributed by atoms with E-state index in [0.29, 0.717) is 5.95 Å². The summed E-state index contributed by atoms with van der Waals surface area (Å²) in [6.07, 6.45) is 3.40. The summed E-state index contributed by atoms with van der Waals surface area (Å²) in [7, 11) is 0. The Morgan fingerprint density at radius 1 is 1.05 bits per heavy atom. The summed E-state index contributed by atoms with van der Waals surface area (Å²) in [5.74, 6) is -3.41. The second-order valence-corrected chi connectivity index (χ2v) is 4.68. The lowest BCUT2D eigenvalue weighted by atomic mass is 10.3. The van der Waals surface area contributed by atoms with Crippen LogP contribution in [0.3, 0.4) is 0 Å². The van der Waals surface area contributed by atoms with Crippen molar-refractivity contribution in [1.29, 1.82) is 0 Å². The molecule has 2 heterocycles. The van der Waals surface area contributed by atoms with Gasteiger partial charge in [-0.1, -0.05) is 0 Å². The molecule has 3 rings (SSSR count). The van der Waals surface area contributed by atoms with Crippen LogP contribution in [-0.4, -0.2) is 28.3 Å². The Labute approximate surface area is 118 Å². The van der Waals surface area contributed by atoms with E-state index in [2.05, 4.69) is 20.5 Å². The van der Waals surface area contributed by atoms with Gasteiger partial charge in [0, 0.05) is 13.1 Å². The molecule has 0 unspecified atom stereocenters.